The number of carbonyl (C=O) groups excluding carboxylic acids is 1. The second-order valence-electron chi connectivity index (χ2n) is 9.61. The summed E-state index contributed by atoms with van der Waals surface area (Å²) in [5, 5.41) is 15.8. The predicted octanol–water partition coefficient (Wildman–Crippen LogP) is 3.13. The van der Waals surface area contributed by atoms with Gasteiger partial charge < -0.3 is 19.5 Å². The highest BCUT2D eigenvalue weighted by Crippen LogP contribution is 2.21. The minimum Gasteiger partial charge on any atom is -0.494 e. The van der Waals surface area contributed by atoms with Crippen molar-refractivity contribution in [2.24, 2.45) is 0 Å². The molecule has 1 saturated heterocycles. The zero-order valence-corrected chi connectivity index (χ0v) is 21.2. The van der Waals surface area contributed by atoms with Crippen molar-refractivity contribution in [3.8, 4) is 11.5 Å². The maximum Gasteiger partial charge on any atom is 0.219 e. The number of aryl methyl sites for hydroxylation is 2. The molecule has 8 nitrogen and oxygen atoms in total. The first-order valence-electron chi connectivity index (χ1n) is 12.5. The van der Waals surface area contributed by atoms with E-state index < -0.39 is 5.60 Å². The molecule has 8 heteroatoms. The Morgan fingerprint density at radius 1 is 1.06 bits per heavy atom. The van der Waals surface area contributed by atoms with Crippen LogP contribution in [-0.2, 0) is 17.9 Å². The van der Waals surface area contributed by atoms with Crippen LogP contribution in [0.15, 0.2) is 67.0 Å². The third-order valence-corrected chi connectivity index (χ3v) is 6.25. The van der Waals surface area contributed by atoms with Crippen molar-refractivity contribution < 1.29 is 19.4 Å². The molecule has 1 aliphatic rings. The van der Waals surface area contributed by atoms with Crippen molar-refractivity contribution in [1.82, 2.24) is 19.6 Å². The number of hydrogen-bond acceptors (Lipinski definition) is 6. The van der Waals surface area contributed by atoms with Crippen LogP contribution >= 0.6 is 0 Å². The third-order valence-electron chi connectivity index (χ3n) is 6.25. The van der Waals surface area contributed by atoms with E-state index in [9.17, 15) is 9.90 Å². The van der Waals surface area contributed by atoms with E-state index in [4.69, 9.17) is 9.47 Å². The highest BCUT2D eigenvalue weighted by atomic mass is 16.5. The van der Waals surface area contributed by atoms with Gasteiger partial charge in [0, 0.05) is 52.3 Å². The fourth-order valence-corrected chi connectivity index (χ4v) is 4.47. The van der Waals surface area contributed by atoms with Crippen molar-refractivity contribution >= 4 is 5.91 Å². The fourth-order valence-electron chi connectivity index (χ4n) is 4.47. The topological polar surface area (TPSA) is 80.1 Å². The lowest BCUT2D eigenvalue weighted by molar-refractivity contribution is -0.132. The van der Waals surface area contributed by atoms with E-state index in [-0.39, 0.29) is 19.1 Å². The number of β-amino-alcohol motifs (C(OH)–C–C–N with tert-alkyl or cyclic N) is 1. The molecule has 2 heterocycles. The van der Waals surface area contributed by atoms with E-state index in [2.05, 4.69) is 16.1 Å². The molecule has 3 aromatic rings. The van der Waals surface area contributed by atoms with Gasteiger partial charge in [-0.2, -0.15) is 5.10 Å². The lowest BCUT2D eigenvalue weighted by Crippen LogP contribution is -2.51. The SMILES string of the molecule is CC(=O)N1CCN(Cc2cccc(OCCCn3cc(C)cn3)c2)CC(O)(COc2ccccc2)C1. The molecule has 2 aromatic carbocycles. The number of benzene rings is 2. The Morgan fingerprint density at radius 3 is 2.61 bits per heavy atom. The van der Waals surface area contributed by atoms with Crippen molar-refractivity contribution in [2.45, 2.75) is 39.0 Å². The Kier molecular flexibility index (Phi) is 8.61. The number of para-hydroxylation sites is 1. The van der Waals surface area contributed by atoms with E-state index in [0.29, 0.717) is 38.5 Å². The van der Waals surface area contributed by atoms with Gasteiger partial charge in [-0.05, 0) is 42.3 Å². The smallest absolute Gasteiger partial charge is 0.219 e. The summed E-state index contributed by atoms with van der Waals surface area (Å²) in [4.78, 5) is 16.1. The average molecular weight is 493 g/mol. The van der Waals surface area contributed by atoms with Gasteiger partial charge in [0.2, 0.25) is 5.91 Å². The monoisotopic (exact) mass is 492 g/mol. The van der Waals surface area contributed by atoms with E-state index in [1.165, 1.54) is 0 Å². The average Bonchev–Trinajstić information content (AvgIpc) is 3.20. The van der Waals surface area contributed by atoms with Gasteiger partial charge in [-0.15, -0.1) is 0 Å². The van der Waals surface area contributed by atoms with Crippen LogP contribution in [0.3, 0.4) is 0 Å². The van der Waals surface area contributed by atoms with Gasteiger partial charge >= 0.3 is 0 Å². The van der Waals surface area contributed by atoms with E-state index in [1.54, 1.807) is 11.8 Å². The number of amides is 1. The van der Waals surface area contributed by atoms with Crippen LogP contribution in [0.4, 0.5) is 0 Å². The Bertz CT molecular complexity index is 1120. The fraction of sp³-hybridized carbons (Fsp3) is 0.429. The molecule has 1 N–H and O–H groups in total. The first-order valence-corrected chi connectivity index (χ1v) is 12.5. The largest absolute Gasteiger partial charge is 0.494 e. The molecule has 36 heavy (non-hydrogen) atoms. The summed E-state index contributed by atoms with van der Waals surface area (Å²) < 4.78 is 13.8. The number of hydrogen-bond donors (Lipinski definition) is 1. The normalized spacial score (nSPS) is 18.6. The van der Waals surface area contributed by atoms with Crippen molar-refractivity contribution in [1.29, 1.82) is 0 Å². The number of carbonyl (C=O) groups is 1. The molecule has 0 spiro atoms. The third kappa shape index (κ3) is 7.57. The minimum absolute atomic E-state index is 0.0457. The van der Waals surface area contributed by atoms with Crippen molar-refractivity contribution in [3.05, 3.63) is 78.1 Å². The molecule has 0 aliphatic carbocycles. The standard InChI is InChI=1S/C28H36N4O4/c1-23-17-29-32(18-23)12-7-15-35-27-11-6-8-25(16-27)19-30-13-14-31(24(2)33)21-28(34,20-30)22-36-26-9-4-3-5-10-26/h3-6,8-11,16-18,34H,7,12-15,19-22H2,1-2H3. The lowest BCUT2D eigenvalue weighted by Gasteiger charge is -2.32. The van der Waals surface area contributed by atoms with Gasteiger partial charge in [0.25, 0.3) is 0 Å². The van der Waals surface area contributed by atoms with Crippen LogP contribution in [0, 0.1) is 6.92 Å². The van der Waals surface area contributed by atoms with Gasteiger partial charge in [-0.3, -0.25) is 14.4 Å². The number of nitrogens with zero attached hydrogens (tertiary/aromatic N) is 4. The zero-order chi connectivity index (χ0) is 25.4. The summed E-state index contributed by atoms with van der Waals surface area (Å²) in [5.41, 5.74) is 1.07. The second kappa shape index (κ2) is 12.1. The van der Waals surface area contributed by atoms with Crippen molar-refractivity contribution in [2.75, 3.05) is 39.4 Å². The quantitative estimate of drug-likeness (QED) is 0.438. The van der Waals surface area contributed by atoms with Gasteiger partial charge in [-0.1, -0.05) is 30.3 Å². The summed E-state index contributed by atoms with van der Waals surface area (Å²) in [6, 6.07) is 17.5. The van der Waals surface area contributed by atoms with Crippen LogP contribution in [0.5, 0.6) is 11.5 Å². The Balaban J connectivity index is 1.35. The molecule has 0 bridgehead atoms. The summed E-state index contributed by atoms with van der Waals surface area (Å²) in [7, 11) is 0. The van der Waals surface area contributed by atoms with Gasteiger partial charge in [-0.25, -0.2) is 0 Å². The molecule has 1 fully saturated rings. The molecule has 1 unspecified atom stereocenters. The number of aliphatic hydroxyl groups is 1. The summed E-state index contributed by atoms with van der Waals surface area (Å²) in [6.07, 6.45) is 4.76. The molecule has 0 radical (unpaired) electrons. The highest BCUT2D eigenvalue weighted by Gasteiger charge is 2.36. The predicted molar refractivity (Wildman–Crippen MR) is 138 cm³/mol. The van der Waals surface area contributed by atoms with E-state index >= 15 is 0 Å². The maximum absolute atomic E-state index is 12.2. The summed E-state index contributed by atoms with van der Waals surface area (Å²) in [5.74, 6) is 1.48. The minimum atomic E-state index is -1.18. The molecule has 4 rings (SSSR count). The number of aromatic nitrogens is 2. The van der Waals surface area contributed by atoms with E-state index in [0.717, 1.165) is 29.8 Å². The molecule has 1 aromatic heterocycles. The Hall–Kier alpha value is -3.36. The lowest BCUT2D eigenvalue weighted by atomic mass is 10.0. The molecular formula is C28H36N4O4. The van der Waals surface area contributed by atoms with Gasteiger partial charge in [0.1, 0.15) is 23.7 Å². The molecule has 1 aliphatic heterocycles. The second-order valence-corrected chi connectivity index (χ2v) is 9.61. The summed E-state index contributed by atoms with van der Waals surface area (Å²) in [6.45, 7) is 7.62. The van der Waals surface area contributed by atoms with Crippen molar-refractivity contribution in [3.63, 3.8) is 0 Å². The van der Waals surface area contributed by atoms with Crippen LogP contribution in [0.2, 0.25) is 0 Å². The highest BCUT2D eigenvalue weighted by molar-refractivity contribution is 5.73. The maximum atomic E-state index is 12.2. The van der Waals surface area contributed by atoms with Crippen LogP contribution < -0.4 is 9.47 Å². The van der Waals surface area contributed by atoms with Gasteiger partial charge in [0.05, 0.1) is 19.3 Å². The Labute approximate surface area is 213 Å². The molecule has 1 atom stereocenters. The Morgan fingerprint density at radius 2 is 1.86 bits per heavy atom. The first kappa shape index (κ1) is 25.7. The van der Waals surface area contributed by atoms with Crippen LogP contribution in [0.25, 0.3) is 0 Å². The summed E-state index contributed by atoms with van der Waals surface area (Å²) >= 11 is 0. The molecule has 1 amide bonds. The van der Waals surface area contributed by atoms with Crippen LogP contribution in [0.1, 0.15) is 24.5 Å². The number of ether oxygens (including phenoxy) is 2. The number of rotatable bonds is 10. The molecule has 192 valence electrons. The molecule has 0 saturated carbocycles. The first-order chi connectivity index (χ1) is 17.4. The van der Waals surface area contributed by atoms with Crippen LogP contribution in [-0.4, -0.2) is 75.6 Å². The molecular weight excluding hydrogens is 456 g/mol. The van der Waals surface area contributed by atoms with Gasteiger partial charge in [0.15, 0.2) is 0 Å². The van der Waals surface area contributed by atoms with E-state index in [1.807, 2.05) is 72.5 Å². The zero-order valence-electron chi connectivity index (χ0n) is 21.2.